The van der Waals surface area contributed by atoms with Crippen LogP contribution in [-0.4, -0.2) is 14.8 Å². The van der Waals surface area contributed by atoms with Gasteiger partial charge in [-0.1, -0.05) is 6.92 Å². The highest BCUT2D eigenvalue weighted by Crippen LogP contribution is 2.39. The lowest BCUT2D eigenvalue weighted by Crippen LogP contribution is -2.14. The van der Waals surface area contributed by atoms with Gasteiger partial charge in [0.2, 0.25) is 0 Å². The molecule has 0 saturated heterocycles. The Morgan fingerprint density at radius 3 is 2.85 bits per heavy atom. The lowest BCUT2D eigenvalue weighted by molar-refractivity contribution is 0.431. The molecule has 1 aliphatic carbocycles. The van der Waals surface area contributed by atoms with Crippen molar-refractivity contribution in [2.45, 2.75) is 51.0 Å². The van der Waals surface area contributed by atoms with Crippen LogP contribution in [0, 0.1) is 0 Å². The highest BCUT2D eigenvalue weighted by atomic mass is 15.4. The van der Waals surface area contributed by atoms with Crippen molar-refractivity contribution in [3.63, 3.8) is 0 Å². The summed E-state index contributed by atoms with van der Waals surface area (Å²) in [7, 11) is 0. The van der Waals surface area contributed by atoms with Crippen molar-refractivity contribution < 1.29 is 0 Å². The van der Waals surface area contributed by atoms with Gasteiger partial charge in [0.1, 0.15) is 5.82 Å². The van der Waals surface area contributed by atoms with Crippen LogP contribution in [0.2, 0.25) is 0 Å². The minimum absolute atomic E-state index is 0.619. The normalized spacial score (nSPS) is 27.3. The molecule has 13 heavy (non-hydrogen) atoms. The zero-order valence-corrected chi connectivity index (χ0v) is 8.03. The van der Waals surface area contributed by atoms with E-state index in [0.29, 0.717) is 11.8 Å². The molecule has 3 rings (SSSR count). The Hall–Kier alpha value is -0.860. The van der Waals surface area contributed by atoms with E-state index in [4.69, 9.17) is 0 Å². The number of aromatic nitrogens is 3. The van der Waals surface area contributed by atoms with Gasteiger partial charge in [-0.2, -0.15) is 5.10 Å². The maximum absolute atomic E-state index is 4.65. The zero-order chi connectivity index (χ0) is 8.84. The van der Waals surface area contributed by atoms with E-state index in [2.05, 4.69) is 21.7 Å². The summed E-state index contributed by atoms with van der Waals surface area (Å²) in [6.07, 6.45) is 5.15. The Labute approximate surface area is 78.2 Å². The molecule has 1 aliphatic heterocycles. The third-order valence-corrected chi connectivity index (χ3v) is 3.11. The highest BCUT2D eigenvalue weighted by Gasteiger charge is 2.30. The third-order valence-electron chi connectivity index (χ3n) is 3.11. The Morgan fingerprint density at radius 2 is 2.15 bits per heavy atom. The minimum Gasteiger partial charge on any atom is -0.250 e. The SMILES string of the molecule is CC1CCCn2nc(C3CC3)nc21. The molecular weight excluding hydrogens is 162 g/mol. The van der Waals surface area contributed by atoms with Crippen LogP contribution < -0.4 is 0 Å². The molecule has 3 nitrogen and oxygen atoms in total. The van der Waals surface area contributed by atoms with E-state index in [0.717, 1.165) is 12.4 Å². The van der Waals surface area contributed by atoms with Crippen molar-refractivity contribution in [2.75, 3.05) is 0 Å². The predicted molar refractivity (Wildman–Crippen MR) is 49.6 cm³/mol. The van der Waals surface area contributed by atoms with E-state index in [9.17, 15) is 0 Å². The molecule has 1 aromatic rings. The predicted octanol–water partition coefficient (Wildman–Crippen LogP) is 2.05. The van der Waals surface area contributed by atoms with E-state index in [-0.39, 0.29) is 0 Å². The van der Waals surface area contributed by atoms with Gasteiger partial charge in [-0.15, -0.1) is 0 Å². The second-order valence-corrected chi connectivity index (χ2v) is 4.37. The monoisotopic (exact) mass is 177 g/mol. The van der Waals surface area contributed by atoms with Crippen LogP contribution >= 0.6 is 0 Å². The first kappa shape index (κ1) is 7.54. The standard InChI is InChI=1S/C10H15N3/c1-7-3-2-6-13-10(7)11-9(12-13)8-4-5-8/h7-8H,2-6H2,1H3. The molecule has 0 N–H and O–H groups in total. The quantitative estimate of drug-likeness (QED) is 0.657. The maximum Gasteiger partial charge on any atom is 0.154 e. The number of hydrogen-bond donors (Lipinski definition) is 0. The summed E-state index contributed by atoms with van der Waals surface area (Å²) >= 11 is 0. The fourth-order valence-corrected chi connectivity index (χ4v) is 2.09. The topological polar surface area (TPSA) is 30.7 Å². The molecule has 3 heteroatoms. The van der Waals surface area contributed by atoms with Crippen molar-refractivity contribution in [3.8, 4) is 0 Å². The Balaban J connectivity index is 1.99. The Morgan fingerprint density at radius 1 is 1.31 bits per heavy atom. The van der Waals surface area contributed by atoms with E-state index < -0.39 is 0 Å². The number of fused-ring (bicyclic) bond motifs is 1. The summed E-state index contributed by atoms with van der Waals surface area (Å²) in [6.45, 7) is 3.34. The van der Waals surface area contributed by atoms with Crippen molar-refractivity contribution >= 4 is 0 Å². The van der Waals surface area contributed by atoms with E-state index in [1.54, 1.807) is 0 Å². The Bertz CT molecular complexity index is 325. The van der Waals surface area contributed by atoms with Crippen molar-refractivity contribution in [3.05, 3.63) is 11.6 Å². The number of nitrogens with zero attached hydrogens (tertiary/aromatic N) is 3. The average Bonchev–Trinajstić information content (AvgIpc) is 2.87. The maximum atomic E-state index is 4.65. The lowest BCUT2D eigenvalue weighted by Gasteiger charge is -2.17. The molecule has 0 radical (unpaired) electrons. The molecular formula is C10H15N3. The summed E-state index contributed by atoms with van der Waals surface area (Å²) in [5.74, 6) is 3.66. The van der Waals surface area contributed by atoms with E-state index >= 15 is 0 Å². The second-order valence-electron chi connectivity index (χ2n) is 4.37. The molecule has 1 aromatic heterocycles. The molecule has 70 valence electrons. The molecule has 0 aromatic carbocycles. The first-order valence-electron chi connectivity index (χ1n) is 5.29. The molecule has 0 spiro atoms. The summed E-state index contributed by atoms with van der Waals surface area (Å²) in [5.41, 5.74) is 0. The van der Waals surface area contributed by atoms with Crippen molar-refractivity contribution in [1.82, 2.24) is 14.8 Å². The van der Waals surface area contributed by atoms with Crippen LogP contribution in [0.1, 0.15) is 56.1 Å². The summed E-state index contributed by atoms with van der Waals surface area (Å²) in [6, 6.07) is 0. The molecule has 1 fully saturated rings. The molecule has 0 amide bonds. The highest BCUT2D eigenvalue weighted by molar-refractivity contribution is 5.09. The van der Waals surface area contributed by atoms with Gasteiger partial charge < -0.3 is 0 Å². The second kappa shape index (κ2) is 2.56. The van der Waals surface area contributed by atoms with Crippen LogP contribution in [0.25, 0.3) is 0 Å². The minimum atomic E-state index is 0.619. The number of aryl methyl sites for hydroxylation is 1. The fourth-order valence-electron chi connectivity index (χ4n) is 2.09. The van der Waals surface area contributed by atoms with Gasteiger partial charge >= 0.3 is 0 Å². The first-order valence-corrected chi connectivity index (χ1v) is 5.29. The number of hydrogen-bond acceptors (Lipinski definition) is 2. The van der Waals surface area contributed by atoms with Crippen LogP contribution in [0.5, 0.6) is 0 Å². The van der Waals surface area contributed by atoms with Gasteiger partial charge in [-0.25, -0.2) is 9.67 Å². The first-order chi connectivity index (χ1) is 6.34. The average molecular weight is 177 g/mol. The molecule has 2 aliphatic rings. The van der Waals surface area contributed by atoms with Crippen molar-refractivity contribution in [2.24, 2.45) is 0 Å². The van der Waals surface area contributed by atoms with Gasteiger partial charge in [0.25, 0.3) is 0 Å². The smallest absolute Gasteiger partial charge is 0.154 e. The van der Waals surface area contributed by atoms with Crippen LogP contribution in [-0.2, 0) is 6.54 Å². The largest absolute Gasteiger partial charge is 0.250 e. The summed E-state index contributed by atoms with van der Waals surface area (Å²) < 4.78 is 2.13. The molecule has 1 saturated carbocycles. The van der Waals surface area contributed by atoms with E-state index in [1.165, 1.54) is 31.5 Å². The van der Waals surface area contributed by atoms with Gasteiger partial charge in [0, 0.05) is 18.4 Å². The lowest BCUT2D eigenvalue weighted by atomic mass is 10.0. The van der Waals surface area contributed by atoms with Gasteiger partial charge in [-0.05, 0) is 25.7 Å². The summed E-state index contributed by atoms with van der Waals surface area (Å²) in [4.78, 5) is 4.65. The van der Waals surface area contributed by atoms with Crippen LogP contribution in [0.3, 0.4) is 0 Å². The van der Waals surface area contributed by atoms with Crippen molar-refractivity contribution in [1.29, 1.82) is 0 Å². The van der Waals surface area contributed by atoms with Crippen LogP contribution in [0.15, 0.2) is 0 Å². The molecule has 1 atom stereocenters. The Kier molecular flexibility index (Phi) is 1.49. The summed E-state index contributed by atoms with van der Waals surface area (Å²) in [5, 5.41) is 4.57. The van der Waals surface area contributed by atoms with E-state index in [1.807, 2.05) is 0 Å². The molecule has 0 bridgehead atoms. The van der Waals surface area contributed by atoms with Crippen LogP contribution in [0.4, 0.5) is 0 Å². The van der Waals surface area contributed by atoms with Gasteiger partial charge in [0.05, 0.1) is 0 Å². The molecule has 1 unspecified atom stereocenters. The van der Waals surface area contributed by atoms with Gasteiger partial charge in [0.15, 0.2) is 5.82 Å². The zero-order valence-electron chi connectivity index (χ0n) is 8.03. The number of rotatable bonds is 1. The van der Waals surface area contributed by atoms with Gasteiger partial charge in [-0.3, -0.25) is 0 Å². The third kappa shape index (κ3) is 1.18. The fraction of sp³-hybridized carbons (Fsp3) is 0.800. The molecule has 2 heterocycles.